The molecule has 0 bridgehead atoms. The minimum absolute atomic E-state index is 0.00173. The molecule has 92 valence electrons. The van der Waals surface area contributed by atoms with Crippen molar-refractivity contribution in [2.24, 2.45) is 0 Å². The molecule has 17 heavy (non-hydrogen) atoms. The van der Waals surface area contributed by atoms with Crippen molar-refractivity contribution < 1.29 is 9.53 Å². The van der Waals surface area contributed by atoms with Crippen LogP contribution in [0.5, 0.6) is 0 Å². The number of benzene rings is 1. The number of carbonyl (C=O) groups excluding carboxylic acids is 1. The minimum Gasteiger partial charge on any atom is -0.398 e. The molecular formula is C13H18N2O2. The molecule has 4 heteroatoms. The summed E-state index contributed by atoms with van der Waals surface area (Å²) in [6.45, 7) is 3.13. The predicted molar refractivity (Wildman–Crippen MR) is 68.3 cm³/mol. The molecule has 1 aliphatic rings. The normalized spacial score (nSPS) is 16.8. The number of ketones is 1. The first-order valence-corrected chi connectivity index (χ1v) is 5.91. The van der Waals surface area contributed by atoms with Gasteiger partial charge < -0.3 is 15.8 Å². The average Bonchev–Trinajstić information content (AvgIpc) is 2.32. The highest BCUT2D eigenvalue weighted by molar-refractivity contribution is 6.00. The Labute approximate surface area is 101 Å². The number of hydrogen-bond acceptors (Lipinski definition) is 4. The van der Waals surface area contributed by atoms with Crippen molar-refractivity contribution in [1.29, 1.82) is 0 Å². The Morgan fingerprint density at radius 3 is 2.76 bits per heavy atom. The van der Waals surface area contributed by atoms with E-state index >= 15 is 0 Å². The molecule has 1 aromatic carbocycles. The zero-order chi connectivity index (χ0) is 12.3. The van der Waals surface area contributed by atoms with Crippen molar-refractivity contribution >= 4 is 17.2 Å². The van der Waals surface area contributed by atoms with Crippen LogP contribution in [-0.2, 0) is 4.74 Å². The van der Waals surface area contributed by atoms with Gasteiger partial charge in [0.05, 0.1) is 0 Å². The number of carbonyl (C=O) groups is 1. The molecule has 1 fully saturated rings. The lowest BCUT2D eigenvalue weighted by atomic mass is 10.1. The minimum atomic E-state index is -0.00173. The summed E-state index contributed by atoms with van der Waals surface area (Å²) >= 11 is 0. The van der Waals surface area contributed by atoms with E-state index in [1.165, 1.54) is 6.92 Å². The Kier molecular flexibility index (Phi) is 3.64. The first kappa shape index (κ1) is 11.9. The third-order valence-corrected chi connectivity index (χ3v) is 3.02. The number of nitrogens with one attached hydrogen (secondary N) is 1. The van der Waals surface area contributed by atoms with Gasteiger partial charge in [0, 0.05) is 36.2 Å². The van der Waals surface area contributed by atoms with Crippen LogP contribution in [0.15, 0.2) is 18.2 Å². The van der Waals surface area contributed by atoms with Crippen LogP contribution in [0.3, 0.4) is 0 Å². The second kappa shape index (κ2) is 5.19. The van der Waals surface area contributed by atoms with Gasteiger partial charge in [-0.15, -0.1) is 0 Å². The maximum Gasteiger partial charge on any atom is 0.161 e. The Morgan fingerprint density at radius 1 is 1.41 bits per heavy atom. The van der Waals surface area contributed by atoms with Gasteiger partial charge in [0.1, 0.15) is 0 Å². The summed E-state index contributed by atoms with van der Waals surface area (Å²) in [4.78, 5) is 11.4. The average molecular weight is 234 g/mol. The van der Waals surface area contributed by atoms with Gasteiger partial charge in [-0.25, -0.2) is 0 Å². The van der Waals surface area contributed by atoms with Crippen molar-refractivity contribution in [1.82, 2.24) is 0 Å². The zero-order valence-corrected chi connectivity index (χ0v) is 10.0. The van der Waals surface area contributed by atoms with E-state index in [1.807, 2.05) is 12.1 Å². The molecule has 0 unspecified atom stereocenters. The monoisotopic (exact) mass is 234 g/mol. The van der Waals surface area contributed by atoms with Gasteiger partial charge in [-0.2, -0.15) is 0 Å². The maximum absolute atomic E-state index is 11.4. The van der Waals surface area contributed by atoms with E-state index in [0.717, 1.165) is 31.7 Å². The molecule has 4 nitrogen and oxygen atoms in total. The van der Waals surface area contributed by atoms with Crippen LogP contribution in [0.4, 0.5) is 11.4 Å². The van der Waals surface area contributed by atoms with Gasteiger partial charge in [0.15, 0.2) is 5.78 Å². The fraction of sp³-hybridized carbons (Fsp3) is 0.462. The number of hydrogen-bond donors (Lipinski definition) is 2. The fourth-order valence-corrected chi connectivity index (χ4v) is 2.03. The summed E-state index contributed by atoms with van der Waals surface area (Å²) in [6, 6.07) is 5.94. The second-order valence-corrected chi connectivity index (χ2v) is 4.39. The van der Waals surface area contributed by atoms with Gasteiger partial charge in [0.25, 0.3) is 0 Å². The molecule has 3 N–H and O–H groups in total. The number of ether oxygens (including phenoxy) is 1. The fourth-order valence-electron chi connectivity index (χ4n) is 2.03. The summed E-state index contributed by atoms with van der Waals surface area (Å²) in [5.74, 6) is -0.00173. The van der Waals surface area contributed by atoms with Gasteiger partial charge in [0.2, 0.25) is 0 Å². The molecule has 0 saturated carbocycles. The highest BCUT2D eigenvalue weighted by Gasteiger charge is 2.14. The molecule has 1 aliphatic heterocycles. The number of rotatable bonds is 3. The number of Topliss-reactive ketones (excluding diaryl/α,β-unsaturated/α-hetero) is 1. The van der Waals surface area contributed by atoms with E-state index < -0.39 is 0 Å². The summed E-state index contributed by atoms with van der Waals surface area (Å²) in [7, 11) is 0. The summed E-state index contributed by atoms with van der Waals surface area (Å²) < 4.78 is 5.30. The van der Waals surface area contributed by atoms with Crippen LogP contribution >= 0.6 is 0 Å². The summed E-state index contributed by atoms with van der Waals surface area (Å²) in [5.41, 5.74) is 7.83. The maximum atomic E-state index is 11.4. The molecule has 0 aromatic heterocycles. The van der Waals surface area contributed by atoms with Crippen molar-refractivity contribution in [2.45, 2.75) is 25.8 Å². The van der Waals surface area contributed by atoms with E-state index in [0.29, 0.717) is 17.3 Å². The van der Waals surface area contributed by atoms with E-state index in [-0.39, 0.29) is 5.78 Å². The molecule has 2 rings (SSSR count). The Hall–Kier alpha value is -1.55. The smallest absolute Gasteiger partial charge is 0.161 e. The molecule has 0 radical (unpaired) electrons. The Morgan fingerprint density at radius 2 is 2.12 bits per heavy atom. The van der Waals surface area contributed by atoms with Crippen LogP contribution in [0.2, 0.25) is 0 Å². The second-order valence-electron chi connectivity index (χ2n) is 4.39. The van der Waals surface area contributed by atoms with Crippen molar-refractivity contribution in [3.63, 3.8) is 0 Å². The van der Waals surface area contributed by atoms with E-state index in [9.17, 15) is 4.79 Å². The van der Waals surface area contributed by atoms with Crippen LogP contribution < -0.4 is 11.1 Å². The molecule has 0 aliphatic carbocycles. The SMILES string of the molecule is CC(=O)c1cc(NC2CCOCC2)ccc1N. The zero-order valence-electron chi connectivity index (χ0n) is 10.0. The summed E-state index contributed by atoms with van der Waals surface area (Å²) in [5, 5.41) is 3.42. The van der Waals surface area contributed by atoms with Crippen molar-refractivity contribution in [3.05, 3.63) is 23.8 Å². The molecule has 0 atom stereocenters. The first-order valence-electron chi connectivity index (χ1n) is 5.91. The van der Waals surface area contributed by atoms with Crippen LogP contribution in [0, 0.1) is 0 Å². The standard InChI is InChI=1S/C13H18N2O2/c1-9(16)12-8-11(2-3-13(12)14)15-10-4-6-17-7-5-10/h2-3,8,10,15H,4-7,14H2,1H3. The lowest BCUT2D eigenvalue weighted by Gasteiger charge is -2.24. The van der Waals surface area contributed by atoms with Gasteiger partial charge >= 0.3 is 0 Å². The molecule has 1 heterocycles. The molecule has 0 spiro atoms. The number of nitrogen functional groups attached to an aromatic ring is 1. The van der Waals surface area contributed by atoms with E-state index in [4.69, 9.17) is 10.5 Å². The lowest BCUT2D eigenvalue weighted by Crippen LogP contribution is -2.27. The van der Waals surface area contributed by atoms with Gasteiger partial charge in [-0.1, -0.05) is 0 Å². The van der Waals surface area contributed by atoms with Crippen LogP contribution in [-0.4, -0.2) is 25.0 Å². The van der Waals surface area contributed by atoms with E-state index in [2.05, 4.69) is 5.32 Å². The van der Waals surface area contributed by atoms with Gasteiger partial charge in [-0.05, 0) is 38.0 Å². The highest BCUT2D eigenvalue weighted by Crippen LogP contribution is 2.21. The molecule has 1 saturated heterocycles. The Bertz CT molecular complexity index is 412. The number of anilines is 2. The largest absolute Gasteiger partial charge is 0.398 e. The highest BCUT2D eigenvalue weighted by atomic mass is 16.5. The molecule has 1 aromatic rings. The van der Waals surface area contributed by atoms with Gasteiger partial charge in [-0.3, -0.25) is 4.79 Å². The predicted octanol–water partition coefficient (Wildman–Crippen LogP) is 2.06. The Balaban J connectivity index is 2.10. The van der Waals surface area contributed by atoms with Crippen LogP contribution in [0.25, 0.3) is 0 Å². The van der Waals surface area contributed by atoms with Crippen molar-refractivity contribution in [3.8, 4) is 0 Å². The quantitative estimate of drug-likeness (QED) is 0.620. The molecular weight excluding hydrogens is 216 g/mol. The van der Waals surface area contributed by atoms with E-state index in [1.54, 1.807) is 6.07 Å². The molecule has 0 amide bonds. The van der Waals surface area contributed by atoms with Crippen LogP contribution in [0.1, 0.15) is 30.1 Å². The van der Waals surface area contributed by atoms with Crippen molar-refractivity contribution in [2.75, 3.05) is 24.3 Å². The third-order valence-electron chi connectivity index (χ3n) is 3.02. The summed E-state index contributed by atoms with van der Waals surface area (Å²) in [6.07, 6.45) is 2.00. The third kappa shape index (κ3) is 2.97. The topological polar surface area (TPSA) is 64.3 Å². The lowest BCUT2D eigenvalue weighted by molar-refractivity contribution is 0.0904. The first-order chi connectivity index (χ1) is 8.16. The number of nitrogens with two attached hydrogens (primary N) is 1.